The number of likely N-dealkylation sites (tertiary alicyclic amines) is 1. The molecule has 0 bridgehead atoms. The van der Waals surface area contributed by atoms with Crippen molar-refractivity contribution in [2.45, 2.75) is 50.9 Å². The second-order valence-electron chi connectivity index (χ2n) is 10.4. The monoisotopic (exact) mass is 564 g/mol. The van der Waals surface area contributed by atoms with E-state index in [2.05, 4.69) is 4.90 Å². The fourth-order valence-corrected chi connectivity index (χ4v) is 5.59. The van der Waals surface area contributed by atoms with E-state index >= 15 is 0 Å². The maximum absolute atomic E-state index is 14.1. The molecule has 0 radical (unpaired) electrons. The Bertz CT molecular complexity index is 1530. The summed E-state index contributed by atoms with van der Waals surface area (Å²) in [6.07, 6.45) is 5.50. The summed E-state index contributed by atoms with van der Waals surface area (Å²) in [5, 5.41) is 14.7. The van der Waals surface area contributed by atoms with Gasteiger partial charge in [0.2, 0.25) is 5.88 Å². The van der Waals surface area contributed by atoms with Crippen molar-refractivity contribution in [2.24, 2.45) is 0 Å². The van der Waals surface area contributed by atoms with Gasteiger partial charge >= 0.3 is 5.97 Å². The van der Waals surface area contributed by atoms with Crippen LogP contribution in [0, 0.1) is 5.82 Å². The standard InChI is InChI=1S/C30H30ClFN4O4/c31-22-5-4-21(25(32)15-22)18-40-29-3-1-2-26(33-29)19-6-10-35(11-7-19)17-27-24(16-23-9-13-39-23)28-14-20(30(37)38)8-12-36(28)34-27/h1-5,8,12,14-15,19,23H,6-7,9-11,13,16-18H2,(H,37,38). The van der Waals surface area contributed by atoms with Gasteiger partial charge in [-0.05, 0) is 62.7 Å². The van der Waals surface area contributed by atoms with Crippen molar-refractivity contribution in [3.63, 3.8) is 0 Å². The van der Waals surface area contributed by atoms with Crippen molar-refractivity contribution in [3.8, 4) is 5.88 Å². The predicted molar refractivity (Wildman–Crippen MR) is 147 cm³/mol. The molecule has 10 heteroatoms. The van der Waals surface area contributed by atoms with Crippen LogP contribution < -0.4 is 4.74 Å². The Morgan fingerprint density at radius 3 is 2.70 bits per heavy atom. The lowest BCUT2D eigenvalue weighted by molar-refractivity contribution is -0.0491. The molecule has 8 nitrogen and oxygen atoms in total. The lowest BCUT2D eigenvalue weighted by atomic mass is 9.92. The Morgan fingerprint density at radius 1 is 1.15 bits per heavy atom. The van der Waals surface area contributed by atoms with E-state index in [1.165, 1.54) is 6.07 Å². The van der Waals surface area contributed by atoms with E-state index in [-0.39, 0.29) is 18.3 Å². The number of pyridine rings is 2. The summed E-state index contributed by atoms with van der Waals surface area (Å²) in [7, 11) is 0. The van der Waals surface area contributed by atoms with Crippen molar-refractivity contribution in [3.05, 3.63) is 93.6 Å². The third kappa shape index (κ3) is 5.82. The first kappa shape index (κ1) is 26.7. The maximum atomic E-state index is 14.1. The molecule has 2 saturated heterocycles. The molecule has 6 rings (SSSR count). The Hall–Kier alpha value is -3.53. The second kappa shape index (κ2) is 11.5. The maximum Gasteiger partial charge on any atom is 0.335 e. The number of nitrogens with zero attached hydrogens (tertiary/aromatic N) is 4. The molecule has 40 heavy (non-hydrogen) atoms. The lowest BCUT2D eigenvalue weighted by Crippen LogP contribution is -2.33. The molecule has 1 atom stereocenters. The highest BCUT2D eigenvalue weighted by molar-refractivity contribution is 6.30. The number of halogens is 2. The molecule has 0 aliphatic carbocycles. The van der Waals surface area contributed by atoms with Crippen molar-refractivity contribution < 1.29 is 23.8 Å². The first-order valence-corrected chi connectivity index (χ1v) is 13.9. The topological polar surface area (TPSA) is 89.2 Å². The number of fused-ring (bicyclic) bond motifs is 1. The fraction of sp³-hybridized carbons (Fsp3) is 0.367. The van der Waals surface area contributed by atoms with E-state index in [0.717, 1.165) is 67.8 Å². The summed E-state index contributed by atoms with van der Waals surface area (Å²) in [5.41, 5.74) is 4.54. The van der Waals surface area contributed by atoms with Gasteiger partial charge in [-0.25, -0.2) is 18.7 Å². The molecular weight excluding hydrogens is 535 g/mol. The highest BCUT2D eigenvalue weighted by atomic mass is 35.5. The molecule has 5 heterocycles. The number of piperidine rings is 1. The minimum Gasteiger partial charge on any atom is -0.478 e. The second-order valence-corrected chi connectivity index (χ2v) is 10.9. The van der Waals surface area contributed by atoms with Crippen LogP contribution in [0.4, 0.5) is 4.39 Å². The molecule has 1 aromatic carbocycles. The third-order valence-corrected chi connectivity index (χ3v) is 8.04. The predicted octanol–water partition coefficient (Wildman–Crippen LogP) is 5.51. The van der Waals surface area contributed by atoms with Gasteiger partial charge in [-0.3, -0.25) is 4.90 Å². The summed E-state index contributed by atoms with van der Waals surface area (Å²) < 4.78 is 27.4. The zero-order chi connectivity index (χ0) is 27.6. The largest absolute Gasteiger partial charge is 0.478 e. The molecule has 0 saturated carbocycles. The van der Waals surface area contributed by atoms with Gasteiger partial charge < -0.3 is 14.6 Å². The highest BCUT2D eigenvalue weighted by Crippen LogP contribution is 2.30. The quantitative estimate of drug-likeness (QED) is 0.287. The number of carboxylic acid groups (broad SMARTS) is 1. The van der Waals surface area contributed by atoms with Gasteiger partial charge in [0.1, 0.15) is 12.4 Å². The normalized spacial score (nSPS) is 18.1. The van der Waals surface area contributed by atoms with Gasteiger partial charge in [-0.1, -0.05) is 23.7 Å². The van der Waals surface area contributed by atoms with Gasteiger partial charge in [0.15, 0.2) is 0 Å². The van der Waals surface area contributed by atoms with Crippen LogP contribution in [0.1, 0.15) is 58.1 Å². The molecule has 4 aromatic rings. The molecule has 0 amide bonds. The molecule has 2 aliphatic heterocycles. The zero-order valence-electron chi connectivity index (χ0n) is 21.9. The van der Waals surface area contributed by atoms with Crippen LogP contribution in [0.2, 0.25) is 5.02 Å². The molecule has 2 fully saturated rings. The minimum atomic E-state index is -0.946. The van der Waals surface area contributed by atoms with E-state index in [0.29, 0.717) is 28.9 Å². The van der Waals surface area contributed by atoms with Crippen LogP contribution in [-0.2, 0) is 24.3 Å². The van der Waals surface area contributed by atoms with Gasteiger partial charge in [0, 0.05) is 59.6 Å². The number of rotatable bonds is 9. The molecule has 2 aliphatic rings. The van der Waals surface area contributed by atoms with Crippen LogP contribution in [0.25, 0.3) is 5.52 Å². The number of carboxylic acids is 1. The van der Waals surface area contributed by atoms with Crippen molar-refractivity contribution in [1.29, 1.82) is 0 Å². The number of ether oxygens (including phenoxy) is 2. The molecule has 1 unspecified atom stereocenters. The van der Waals surface area contributed by atoms with Crippen molar-refractivity contribution in [1.82, 2.24) is 19.5 Å². The van der Waals surface area contributed by atoms with Crippen LogP contribution in [-0.4, -0.2) is 56.4 Å². The average molecular weight is 565 g/mol. The SMILES string of the molecule is O=C(O)c1ccn2nc(CN3CCC(c4cccc(OCc5ccc(Cl)cc5F)n4)CC3)c(CC3CCO3)c2c1. The molecule has 1 N–H and O–H groups in total. The first-order chi connectivity index (χ1) is 19.4. The number of aromatic nitrogens is 3. The van der Waals surface area contributed by atoms with E-state index in [4.69, 9.17) is 31.2 Å². The molecule has 0 spiro atoms. The Kier molecular flexibility index (Phi) is 7.69. The van der Waals surface area contributed by atoms with Crippen LogP contribution in [0.3, 0.4) is 0 Å². The molecule has 3 aromatic heterocycles. The van der Waals surface area contributed by atoms with E-state index in [1.807, 2.05) is 12.1 Å². The molecular formula is C30H30ClFN4O4. The minimum absolute atomic E-state index is 0.0824. The number of carbonyl (C=O) groups is 1. The van der Waals surface area contributed by atoms with Crippen molar-refractivity contribution in [2.75, 3.05) is 19.7 Å². The van der Waals surface area contributed by atoms with Gasteiger partial charge in [-0.2, -0.15) is 5.10 Å². The summed E-state index contributed by atoms with van der Waals surface area (Å²) in [6, 6.07) is 13.6. The summed E-state index contributed by atoms with van der Waals surface area (Å²) in [6.45, 7) is 3.33. The number of aromatic carboxylic acids is 1. The Labute approximate surface area is 236 Å². The summed E-state index contributed by atoms with van der Waals surface area (Å²) in [5.74, 6) is -0.567. The fourth-order valence-electron chi connectivity index (χ4n) is 5.43. The smallest absolute Gasteiger partial charge is 0.335 e. The Morgan fingerprint density at radius 2 is 1.98 bits per heavy atom. The Balaban J connectivity index is 1.11. The van der Waals surface area contributed by atoms with Gasteiger partial charge in [0.25, 0.3) is 0 Å². The van der Waals surface area contributed by atoms with Crippen LogP contribution in [0.5, 0.6) is 5.88 Å². The van der Waals surface area contributed by atoms with Crippen LogP contribution >= 0.6 is 11.6 Å². The average Bonchev–Trinajstić information content (AvgIpc) is 3.26. The van der Waals surface area contributed by atoms with Crippen molar-refractivity contribution >= 4 is 23.1 Å². The number of hydrogen-bond acceptors (Lipinski definition) is 6. The highest BCUT2D eigenvalue weighted by Gasteiger charge is 2.27. The first-order valence-electron chi connectivity index (χ1n) is 13.5. The zero-order valence-corrected chi connectivity index (χ0v) is 22.7. The number of hydrogen-bond donors (Lipinski definition) is 1. The van der Waals surface area contributed by atoms with Gasteiger partial charge in [-0.15, -0.1) is 0 Å². The van der Waals surface area contributed by atoms with Gasteiger partial charge in [0.05, 0.1) is 22.9 Å². The summed E-state index contributed by atoms with van der Waals surface area (Å²) >= 11 is 5.84. The van der Waals surface area contributed by atoms with E-state index < -0.39 is 11.8 Å². The van der Waals surface area contributed by atoms with E-state index in [1.54, 1.807) is 41.0 Å². The number of benzene rings is 1. The lowest BCUT2D eigenvalue weighted by Gasteiger charge is -2.32. The third-order valence-electron chi connectivity index (χ3n) is 7.81. The van der Waals surface area contributed by atoms with E-state index in [9.17, 15) is 14.3 Å². The summed E-state index contributed by atoms with van der Waals surface area (Å²) in [4.78, 5) is 18.7. The van der Waals surface area contributed by atoms with Crippen LogP contribution in [0.15, 0.2) is 54.7 Å². The molecule has 208 valence electrons.